The van der Waals surface area contributed by atoms with Crippen molar-refractivity contribution in [2.45, 2.75) is 32.4 Å². The zero-order valence-electron chi connectivity index (χ0n) is 16.8. The maximum atomic E-state index is 13.6. The Kier molecular flexibility index (Phi) is 5.05. The Labute approximate surface area is 179 Å². The van der Waals surface area contributed by atoms with Gasteiger partial charge in [0.1, 0.15) is 5.82 Å². The molecule has 30 heavy (non-hydrogen) atoms. The van der Waals surface area contributed by atoms with Crippen LogP contribution in [-0.2, 0) is 6.54 Å². The van der Waals surface area contributed by atoms with E-state index in [1.54, 1.807) is 12.1 Å². The molecule has 2 aromatic carbocycles. The first-order valence-corrected chi connectivity index (χ1v) is 10.6. The zero-order valence-corrected chi connectivity index (χ0v) is 17.5. The Hall–Kier alpha value is -2.70. The van der Waals surface area contributed by atoms with Crippen LogP contribution >= 0.6 is 11.6 Å². The van der Waals surface area contributed by atoms with Crippen molar-refractivity contribution < 1.29 is 4.39 Å². The van der Waals surface area contributed by atoms with Crippen LogP contribution in [0.2, 0.25) is 5.02 Å². The molecule has 0 amide bonds. The van der Waals surface area contributed by atoms with Crippen LogP contribution in [0.4, 0.5) is 10.1 Å². The number of hydrogen-bond acceptors (Lipinski definition) is 4. The van der Waals surface area contributed by atoms with Crippen molar-refractivity contribution in [2.24, 2.45) is 0 Å². The molecule has 3 aromatic rings. The zero-order chi connectivity index (χ0) is 20.7. The molecule has 0 saturated heterocycles. The Balaban J connectivity index is 1.60. The van der Waals surface area contributed by atoms with E-state index in [0.717, 1.165) is 55.1 Å². The van der Waals surface area contributed by atoms with E-state index >= 15 is 0 Å². The van der Waals surface area contributed by atoms with E-state index in [0.29, 0.717) is 0 Å². The predicted molar refractivity (Wildman–Crippen MR) is 118 cm³/mol. The molecular weight excluding hydrogens is 401 g/mol. The second kappa shape index (κ2) is 7.85. The fourth-order valence-corrected chi connectivity index (χ4v) is 4.57. The summed E-state index contributed by atoms with van der Waals surface area (Å²) in [5, 5.41) is 15.7. The van der Waals surface area contributed by atoms with Gasteiger partial charge in [0.05, 0.1) is 22.5 Å². The van der Waals surface area contributed by atoms with E-state index in [9.17, 15) is 4.39 Å². The van der Waals surface area contributed by atoms with E-state index in [1.165, 1.54) is 22.8 Å². The molecule has 0 bridgehead atoms. The fraction of sp³-hybridized carbons (Fsp3) is 0.304. The van der Waals surface area contributed by atoms with Gasteiger partial charge in [-0.1, -0.05) is 35.0 Å². The number of nitrogens with one attached hydrogen (secondary N) is 2. The Morgan fingerprint density at radius 2 is 2.13 bits per heavy atom. The number of halogens is 2. The maximum Gasteiger partial charge on any atom is 0.141 e. The van der Waals surface area contributed by atoms with Crippen LogP contribution < -0.4 is 10.6 Å². The fourth-order valence-electron chi connectivity index (χ4n) is 4.39. The second-order valence-electron chi connectivity index (χ2n) is 7.85. The highest BCUT2D eigenvalue weighted by Crippen LogP contribution is 2.39. The van der Waals surface area contributed by atoms with E-state index < -0.39 is 5.82 Å². The monoisotopic (exact) mass is 423 g/mol. The second-order valence-corrected chi connectivity index (χ2v) is 8.25. The average molecular weight is 424 g/mol. The largest absolute Gasteiger partial charge is 0.378 e. The molecule has 0 fully saturated rings. The first kappa shape index (κ1) is 19.3. The molecule has 5 nitrogen and oxygen atoms in total. The highest BCUT2D eigenvalue weighted by molar-refractivity contribution is 6.31. The van der Waals surface area contributed by atoms with Crippen LogP contribution in [0.1, 0.15) is 35.7 Å². The van der Waals surface area contributed by atoms with Gasteiger partial charge >= 0.3 is 0 Å². The van der Waals surface area contributed by atoms with E-state index in [4.69, 9.17) is 11.6 Å². The van der Waals surface area contributed by atoms with Crippen molar-refractivity contribution in [3.8, 4) is 11.3 Å². The van der Waals surface area contributed by atoms with Crippen molar-refractivity contribution >= 4 is 22.9 Å². The van der Waals surface area contributed by atoms with Gasteiger partial charge < -0.3 is 10.6 Å². The minimum absolute atomic E-state index is 0.0462. The average Bonchev–Trinajstić information content (AvgIpc) is 3.06. The minimum Gasteiger partial charge on any atom is -0.378 e. The molecule has 5 rings (SSSR count). The third-order valence-corrected chi connectivity index (χ3v) is 6.20. The normalized spacial score (nSPS) is 18.2. The molecule has 3 heterocycles. The summed E-state index contributed by atoms with van der Waals surface area (Å²) >= 11 is 6.02. The third kappa shape index (κ3) is 3.50. The Bertz CT molecular complexity index is 1140. The van der Waals surface area contributed by atoms with Gasteiger partial charge in [-0.3, -0.25) is 0 Å². The summed E-state index contributed by atoms with van der Waals surface area (Å²) in [7, 11) is 0. The number of aromatic nitrogens is 3. The van der Waals surface area contributed by atoms with E-state index in [-0.39, 0.29) is 11.1 Å². The van der Waals surface area contributed by atoms with E-state index in [1.807, 2.05) is 11.6 Å². The maximum absolute atomic E-state index is 13.6. The van der Waals surface area contributed by atoms with Gasteiger partial charge in [0.15, 0.2) is 0 Å². The smallest absolute Gasteiger partial charge is 0.141 e. The summed E-state index contributed by atoms with van der Waals surface area (Å²) in [5.74, 6) is -0.412. The van der Waals surface area contributed by atoms with Crippen LogP contribution in [0.25, 0.3) is 16.8 Å². The summed E-state index contributed by atoms with van der Waals surface area (Å²) in [4.78, 5) is 0. The van der Waals surface area contributed by atoms with Gasteiger partial charge in [0.2, 0.25) is 0 Å². The number of benzene rings is 2. The van der Waals surface area contributed by atoms with Crippen molar-refractivity contribution in [2.75, 3.05) is 18.4 Å². The van der Waals surface area contributed by atoms with Crippen LogP contribution in [-0.4, -0.2) is 28.1 Å². The Morgan fingerprint density at radius 1 is 1.23 bits per heavy atom. The van der Waals surface area contributed by atoms with Gasteiger partial charge in [-0.25, -0.2) is 9.07 Å². The first-order chi connectivity index (χ1) is 14.6. The summed E-state index contributed by atoms with van der Waals surface area (Å²) < 4.78 is 15.6. The van der Waals surface area contributed by atoms with Crippen molar-refractivity contribution in [1.82, 2.24) is 20.3 Å². The number of rotatable bonds is 3. The molecule has 0 aliphatic carbocycles. The Morgan fingerprint density at radius 3 is 2.93 bits per heavy atom. The minimum atomic E-state index is -0.412. The summed E-state index contributed by atoms with van der Waals surface area (Å²) in [6.07, 6.45) is 4.12. The topological polar surface area (TPSA) is 54.8 Å². The molecular formula is C23H23ClFN5. The highest BCUT2D eigenvalue weighted by atomic mass is 35.5. The third-order valence-electron chi connectivity index (χ3n) is 5.91. The van der Waals surface area contributed by atoms with Crippen molar-refractivity contribution in [3.63, 3.8) is 0 Å². The van der Waals surface area contributed by atoms with Gasteiger partial charge in [-0.05, 0) is 67.3 Å². The van der Waals surface area contributed by atoms with Crippen molar-refractivity contribution in [3.05, 3.63) is 70.1 Å². The SMILES string of the molecule is Cc1nnn2c1-c1ccc(C3=CCNCC3)cc1C(Nc1ccc(F)c(Cl)c1)CC2. The molecule has 7 heteroatoms. The summed E-state index contributed by atoms with van der Waals surface area (Å²) in [5.41, 5.74) is 7.76. The molecule has 0 saturated carbocycles. The van der Waals surface area contributed by atoms with Crippen LogP contribution in [0.15, 0.2) is 42.5 Å². The number of aryl methyl sites for hydroxylation is 2. The van der Waals surface area contributed by atoms with Crippen LogP contribution in [0.5, 0.6) is 0 Å². The van der Waals surface area contributed by atoms with Gasteiger partial charge in [-0.15, -0.1) is 5.10 Å². The number of anilines is 1. The lowest BCUT2D eigenvalue weighted by Crippen LogP contribution is -2.20. The lowest BCUT2D eigenvalue weighted by atomic mass is 9.90. The number of hydrogen-bond donors (Lipinski definition) is 2. The molecule has 2 aliphatic heterocycles. The van der Waals surface area contributed by atoms with Gasteiger partial charge in [0.25, 0.3) is 0 Å². The summed E-state index contributed by atoms with van der Waals surface area (Å²) in [6, 6.07) is 11.5. The van der Waals surface area contributed by atoms with Crippen LogP contribution in [0, 0.1) is 12.7 Å². The molecule has 0 radical (unpaired) electrons. The molecule has 2 aliphatic rings. The lowest BCUT2D eigenvalue weighted by molar-refractivity contribution is 0.539. The van der Waals surface area contributed by atoms with Gasteiger partial charge in [0, 0.05) is 24.3 Å². The standard InChI is InChI=1S/C23H23ClFN5/c1-14-23-18-4-2-16(15-6-9-26-10-7-15)12-19(18)22(8-11-30(23)29-28-14)27-17-3-5-21(25)20(24)13-17/h2-6,12-13,22,26-27H,7-11H2,1H3. The predicted octanol–water partition coefficient (Wildman–Crippen LogP) is 4.98. The number of nitrogens with zero attached hydrogens (tertiary/aromatic N) is 3. The van der Waals surface area contributed by atoms with E-state index in [2.05, 4.69) is 45.2 Å². The van der Waals surface area contributed by atoms with Gasteiger partial charge in [-0.2, -0.15) is 0 Å². The molecule has 154 valence electrons. The molecule has 1 unspecified atom stereocenters. The van der Waals surface area contributed by atoms with Crippen molar-refractivity contribution in [1.29, 1.82) is 0 Å². The molecule has 0 spiro atoms. The highest BCUT2D eigenvalue weighted by Gasteiger charge is 2.26. The molecule has 2 N–H and O–H groups in total. The summed E-state index contributed by atoms with van der Waals surface area (Å²) in [6.45, 7) is 4.64. The van der Waals surface area contributed by atoms with Crippen LogP contribution in [0.3, 0.4) is 0 Å². The molecule has 1 atom stereocenters. The lowest BCUT2D eigenvalue weighted by Gasteiger charge is -2.23. The quantitative estimate of drug-likeness (QED) is 0.623. The molecule has 1 aromatic heterocycles. The first-order valence-electron chi connectivity index (χ1n) is 10.3. The number of fused-ring (bicyclic) bond motifs is 3.